The largest absolute Gasteiger partial charge is 0.359 e. The number of aliphatic imine (C=N–C) groups is 1. The number of hydrogen-bond donors (Lipinski definition) is 2. The molecule has 0 unspecified atom stereocenters. The fourth-order valence-electron chi connectivity index (χ4n) is 3.30. The van der Waals surface area contributed by atoms with Crippen molar-refractivity contribution in [3.8, 4) is 0 Å². The zero-order valence-electron chi connectivity index (χ0n) is 16.5. The van der Waals surface area contributed by atoms with Gasteiger partial charge in [0.2, 0.25) is 5.91 Å². The van der Waals surface area contributed by atoms with E-state index in [1.54, 1.807) is 7.05 Å². The molecular formula is C19H33N5O2. The molecule has 0 bridgehead atoms. The van der Waals surface area contributed by atoms with Gasteiger partial charge in [-0.2, -0.15) is 0 Å². The molecule has 1 aromatic heterocycles. The minimum Gasteiger partial charge on any atom is -0.359 e. The van der Waals surface area contributed by atoms with Gasteiger partial charge >= 0.3 is 0 Å². The number of likely N-dealkylation sites (tertiary alicyclic amines) is 1. The highest BCUT2D eigenvalue weighted by Crippen LogP contribution is 2.17. The van der Waals surface area contributed by atoms with E-state index in [0.717, 1.165) is 62.6 Å². The molecule has 26 heavy (non-hydrogen) atoms. The number of nitrogens with zero attached hydrogens (tertiary/aromatic N) is 3. The molecule has 0 aliphatic carbocycles. The van der Waals surface area contributed by atoms with Gasteiger partial charge in [-0.05, 0) is 32.1 Å². The molecule has 0 spiro atoms. The average Bonchev–Trinajstić information content (AvgIpc) is 3.14. The summed E-state index contributed by atoms with van der Waals surface area (Å²) in [5, 5.41) is 10.7. The Morgan fingerprint density at radius 1 is 1.35 bits per heavy atom. The first kappa shape index (κ1) is 20.3. The highest BCUT2D eigenvalue weighted by Gasteiger charge is 2.26. The first-order valence-corrected chi connectivity index (χ1v) is 9.81. The van der Waals surface area contributed by atoms with Crippen molar-refractivity contribution in [2.45, 2.75) is 65.5 Å². The van der Waals surface area contributed by atoms with Crippen molar-refractivity contribution < 1.29 is 9.32 Å². The summed E-state index contributed by atoms with van der Waals surface area (Å²) in [5.74, 6) is 2.04. The molecule has 146 valence electrons. The summed E-state index contributed by atoms with van der Waals surface area (Å²) in [6.07, 6.45) is 4.59. The van der Waals surface area contributed by atoms with Crippen LogP contribution in [0, 0.1) is 5.92 Å². The minimum absolute atomic E-state index is 0.170. The molecule has 1 aliphatic heterocycles. The van der Waals surface area contributed by atoms with Crippen LogP contribution in [0.5, 0.6) is 0 Å². The van der Waals surface area contributed by atoms with Crippen molar-refractivity contribution in [2.24, 2.45) is 10.9 Å². The molecule has 2 heterocycles. The van der Waals surface area contributed by atoms with E-state index in [-0.39, 0.29) is 5.92 Å². The lowest BCUT2D eigenvalue weighted by molar-refractivity contribution is -0.136. The first-order chi connectivity index (χ1) is 12.6. The van der Waals surface area contributed by atoms with Crippen LogP contribution in [0.3, 0.4) is 0 Å². The molecule has 0 radical (unpaired) electrons. The van der Waals surface area contributed by atoms with Gasteiger partial charge in [0.1, 0.15) is 0 Å². The molecule has 1 fully saturated rings. The van der Waals surface area contributed by atoms with E-state index in [4.69, 9.17) is 4.52 Å². The van der Waals surface area contributed by atoms with E-state index in [1.165, 1.54) is 0 Å². The summed E-state index contributed by atoms with van der Waals surface area (Å²) >= 11 is 0. The second-order valence-electron chi connectivity index (χ2n) is 6.82. The number of guanidine groups is 1. The van der Waals surface area contributed by atoms with Crippen LogP contribution in [0.15, 0.2) is 15.6 Å². The standard InChI is InChI=1S/C19H33N5O2/c1-5-14(6-2)18(25)24-10-8-16(9-11-24)22-19(20-4)21-13-17-12-15(7-3)23-26-17/h12,14,16H,5-11,13H2,1-4H3,(H2,20,21,22). The number of piperidine rings is 1. The van der Waals surface area contributed by atoms with Crippen molar-refractivity contribution >= 4 is 11.9 Å². The van der Waals surface area contributed by atoms with Gasteiger partial charge in [0.05, 0.1) is 12.2 Å². The molecule has 7 nitrogen and oxygen atoms in total. The Kier molecular flexibility index (Phi) is 7.94. The van der Waals surface area contributed by atoms with Gasteiger partial charge in [-0.1, -0.05) is 25.9 Å². The molecule has 1 aliphatic rings. The summed E-state index contributed by atoms with van der Waals surface area (Å²) in [7, 11) is 1.76. The summed E-state index contributed by atoms with van der Waals surface area (Å²) in [6, 6.07) is 2.29. The summed E-state index contributed by atoms with van der Waals surface area (Å²) in [5.41, 5.74) is 0.958. The Balaban J connectivity index is 1.77. The lowest BCUT2D eigenvalue weighted by Crippen LogP contribution is -2.50. The quantitative estimate of drug-likeness (QED) is 0.574. The van der Waals surface area contributed by atoms with Crippen LogP contribution in [0.1, 0.15) is 57.9 Å². The van der Waals surface area contributed by atoms with Crippen molar-refractivity contribution in [1.82, 2.24) is 20.7 Å². The molecule has 1 saturated heterocycles. The van der Waals surface area contributed by atoms with Crippen LogP contribution >= 0.6 is 0 Å². The number of amides is 1. The lowest BCUT2D eigenvalue weighted by atomic mass is 9.98. The number of hydrogen-bond acceptors (Lipinski definition) is 4. The summed E-state index contributed by atoms with van der Waals surface area (Å²) in [6.45, 7) is 8.41. The Labute approximate surface area is 156 Å². The molecule has 0 aromatic carbocycles. The highest BCUT2D eigenvalue weighted by molar-refractivity contribution is 5.80. The topological polar surface area (TPSA) is 82.8 Å². The normalized spacial score (nSPS) is 16.2. The average molecular weight is 364 g/mol. The number of aromatic nitrogens is 1. The Morgan fingerprint density at radius 2 is 2.04 bits per heavy atom. The molecule has 1 amide bonds. The molecule has 2 rings (SSSR count). The van der Waals surface area contributed by atoms with Gasteiger partial charge in [0, 0.05) is 38.2 Å². The SMILES string of the molecule is CCc1cc(CNC(=NC)NC2CCN(C(=O)C(CC)CC)CC2)on1. The maximum absolute atomic E-state index is 12.5. The van der Waals surface area contributed by atoms with Crippen molar-refractivity contribution in [3.05, 3.63) is 17.5 Å². The number of carbonyl (C=O) groups excluding carboxylic acids is 1. The number of aryl methyl sites for hydroxylation is 1. The monoisotopic (exact) mass is 363 g/mol. The third kappa shape index (κ3) is 5.47. The van der Waals surface area contributed by atoms with E-state index in [9.17, 15) is 4.79 Å². The second kappa shape index (κ2) is 10.2. The van der Waals surface area contributed by atoms with Crippen LogP contribution in [0.2, 0.25) is 0 Å². The Morgan fingerprint density at radius 3 is 2.58 bits per heavy atom. The minimum atomic E-state index is 0.170. The Hall–Kier alpha value is -2.05. The lowest BCUT2D eigenvalue weighted by Gasteiger charge is -2.34. The zero-order valence-corrected chi connectivity index (χ0v) is 16.5. The Bertz CT molecular complexity index is 587. The van der Waals surface area contributed by atoms with Gasteiger partial charge < -0.3 is 20.1 Å². The molecule has 0 saturated carbocycles. The van der Waals surface area contributed by atoms with Crippen LogP contribution < -0.4 is 10.6 Å². The maximum Gasteiger partial charge on any atom is 0.225 e. The van der Waals surface area contributed by atoms with Gasteiger partial charge in [0.25, 0.3) is 0 Å². The molecule has 7 heteroatoms. The van der Waals surface area contributed by atoms with E-state index in [1.807, 2.05) is 11.0 Å². The van der Waals surface area contributed by atoms with Gasteiger partial charge in [-0.15, -0.1) is 0 Å². The predicted molar refractivity (Wildman–Crippen MR) is 103 cm³/mol. The van der Waals surface area contributed by atoms with Gasteiger partial charge in [-0.3, -0.25) is 9.79 Å². The van der Waals surface area contributed by atoms with E-state index in [2.05, 4.69) is 41.6 Å². The van der Waals surface area contributed by atoms with Gasteiger partial charge in [-0.25, -0.2) is 0 Å². The van der Waals surface area contributed by atoms with Gasteiger partial charge in [0.15, 0.2) is 11.7 Å². The van der Waals surface area contributed by atoms with Crippen LogP contribution in [-0.2, 0) is 17.8 Å². The zero-order chi connectivity index (χ0) is 18.9. The van der Waals surface area contributed by atoms with Crippen molar-refractivity contribution in [3.63, 3.8) is 0 Å². The highest BCUT2D eigenvalue weighted by atomic mass is 16.5. The second-order valence-corrected chi connectivity index (χ2v) is 6.82. The third-order valence-corrected chi connectivity index (χ3v) is 5.11. The van der Waals surface area contributed by atoms with E-state index < -0.39 is 0 Å². The predicted octanol–water partition coefficient (Wildman–Crippen LogP) is 2.33. The maximum atomic E-state index is 12.5. The van der Waals surface area contributed by atoms with Crippen molar-refractivity contribution in [2.75, 3.05) is 20.1 Å². The summed E-state index contributed by atoms with van der Waals surface area (Å²) in [4.78, 5) is 18.8. The van der Waals surface area contributed by atoms with Crippen LogP contribution in [-0.4, -0.2) is 48.1 Å². The first-order valence-electron chi connectivity index (χ1n) is 9.81. The van der Waals surface area contributed by atoms with Crippen LogP contribution in [0.4, 0.5) is 0 Å². The molecule has 2 N–H and O–H groups in total. The molecule has 1 aromatic rings. The van der Waals surface area contributed by atoms with Crippen molar-refractivity contribution in [1.29, 1.82) is 0 Å². The molecule has 0 atom stereocenters. The van der Waals surface area contributed by atoms with E-state index in [0.29, 0.717) is 18.5 Å². The number of rotatable bonds is 7. The van der Waals surface area contributed by atoms with E-state index >= 15 is 0 Å². The fraction of sp³-hybridized carbons (Fsp3) is 0.737. The molecular weight excluding hydrogens is 330 g/mol. The number of nitrogens with one attached hydrogen (secondary N) is 2. The fourth-order valence-corrected chi connectivity index (χ4v) is 3.30. The summed E-state index contributed by atoms with van der Waals surface area (Å²) < 4.78 is 5.29. The smallest absolute Gasteiger partial charge is 0.225 e. The number of carbonyl (C=O) groups is 1. The van der Waals surface area contributed by atoms with Crippen LogP contribution in [0.25, 0.3) is 0 Å². The third-order valence-electron chi connectivity index (χ3n) is 5.11.